The van der Waals surface area contributed by atoms with Gasteiger partial charge in [0.1, 0.15) is 0 Å². The van der Waals surface area contributed by atoms with Gasteiger partial charge in [-0.15, -0.1) is 13.2 Å². The summed E-state index contributed by atoms with van der Waals surface area (Å²) in [5.74, 6) is -0.0326. The smallest absolute Gasteiger partial charge is 0.305 e. The van der Waals surface area contributed by atoms with Crippen molar-refractivity contribution in [1.29, 1.82) is 0 Å². The first-order valence-corrected chi connectivity index (χ1v) is 7.68. The molecular formula is C17H30O2. The van der Waals surface area contributed by atoms with Gasteiger partial charge in [0.25, 0.3) is 0 Å². The third-order valence-electron chi connectivity index (χ3n) is 3.10. The van der Waals surface area contributed by atoms with Crippen molar-refractivity contribution in [3.8, 4) is 0 Å². The van der Waals surface area contributed by atoms with E-state index in [-0.39, 0.29) is 5.97 Å². The molecule has 0 aliphatic rings. The minimum atomic E-state index is -0.0326. The maximum atomic E-state index is 11.4. The van der Waals surface area contributed by atoms with Crippen LogP contribution in [0.25, 0.3) is 0 Å². The molecule has 0 aliphatic carbocycles. The Morgan fingerprint density at radius 3 is 1.95 bits per heavy atom. The second kappa shape index (κ2) is 15.0. The molecule has 0 saturated heterocycles. The maximum absolute atomic E-state index is 11.4. The second-order valence-electron chi connectivity index (χ2n) is 4.95. The standard InChI is InChI=1S/C17H30O2/c1-3-5-7-9-10-11-13-15-17(18)19-16-14-12-8-6-4-2/h3-4H,1-2,5-16H2. The number of esters is 1. The number of hydrogen-bond donors (Lipinski definition) is 0. The van der Waals surface area contributed by atoms with Crippen LogP contribution < -0.4 is 0 Å². The number of carbonyl (C=O) groups excluding carboxylic acids is 1. The van der Waals surface area contributed by atoms with E-state index in [1.807, 2.05) is 12.2 Å². The Bertz CT molecular complexity index is 233. The molecule has 0 rings (SSSR count). The Morgan fingerprint density at radius 2 is 1.32 bits per heavy atom. The van der Waals surface area contributed by atoms with Crippen LogP contribution in [0.3, 0.4) is 0 Å². The fourth-order valence-corrected chi connectivity index (χ4v) is 1.91. The van der Waals surface area contributed by atoms with Crippen LogP contribution in [0.4, 0.5) is 0 Å². The Balaban J connectivity index is 3.16. The van der Waals surface area contributed by atoms with Crippen LogP contribution in [0.2, 0.25) is 0 Å². The van der Waals surface area contributed by atoms with Gasteiger partial charge in [-0.3, -0.25) is 4.79 Å². The van der Waals surface area contributed by atoms with Crippen molar-refractivity contribution in [3.05, 3.63) is 25.3 Å². The van der Waals surface area contributed by atoms with Crippen molar-refractivity contribution in [2.45, 2.75) is 70.6 Å². The Labute approximate surface area is 118 Å². The maximum Gasteiger partial charge on any atom is 0.305 e. The van der Waals surface area contributed by atoms with E-state index in [0.717, 1.165) is 44.9 Å². The highest BCUT2D eigenvalue weighted by atomic mass is 16.5. The van der Waals surface area contributed by atoms with Crippen LogP contribution in [0.15, 0.2) is 25.3 Å². The summed E-state index contributed by atoms with van der Waals surface area (Å²) in [4.78, 5) is 11.4. The predicted octanol–water partition coefficient (Wildman–Crippen LogP) is 5.19. The van der Waals surface area contributed by atoms with Gasteiger partial charge in [0.05, 0.1) is 6.61 Å². The molecule has 0 fully saturated rings. The predicted molar refractivity (Wildman–Crippen MR) is 82.1 cm³/mol. The second-order valence-corrected chi connectivity index (χ2v) is 4.95. The molecule has 2 nitrogen and oxygen atoms in total. The molecule has 0 bridgehead atoms. The van der Waals surface area contributed by atoms with Crippen molar-refractivity contribution < 1.29 is 9.53 Å². The molecule has 0 heterocycles. The topological polar surface area (TPSA) is 26.3 Å². The molecule has 19 heavy (non-hydrogen) atoms. The van der Waals surface area contributed by atoms with E-state index in [4.69, 9.17) is 4.74 Å². The lowest BCUT2D eigenvalue weighted by molar-refractivity contribution is -0.143. The molecule has 110 valence electrons. The summed E-state index contributed by atoms with van der Waals surface area (Å²) < 4.78 is 5.19. The molecule has 0 N–H and O–H groups in total. The van der Waals surface area contributed by atoms with E-state index in [1.165, 1.54) is 19.3 Å². The number of allylic oxidation sites excluding steroid dienone is 2. The SMILES string of the molecule is C=CCCCCCCCC(=O)OCCCCCC=C. The van der Waals surface area contributed by atoms with E-state index in [2.05, 4.69) is 13.2 Å². The molecule has 0 radical (unpaired) electrons. The monoisotopic (exact) mass is 266 g/mol. The summed E-state index contributed by atoms with van der Waals surface area (Å²) in [7, 11) is 0. The minimum absolute atomic E-state index is 0.0326. The highest BCUT2D eigenvalue weighted by molar-refractivity contribution is 5.69. The summed E-state index contributed by atoms with van der Waals surface area (Å²) in [6.45, 7) is 7.96. The van der Waals surface area contributed by atoms with Crippen LogP contribution >= 0.6 is 0 Å². The zero-order valence-corrected chi connectivity index (χ0v) is 12.4. The molecular weight excluding hydrogens is 236 g/mol. The van der Waals surface area contributed by atoms with Crippen molar-refractivity contribution >= 4 is 5.97 Å². The van der Waals surface area contributed by atoms with Crippen molar-refractivity contribution in [3.63, 3.8) is 0 Å². The number of ether oxygens (including phenoxy) is 1. The van der Waals surface area contributed by atoms with Gasteiger partial charge in [-0.1, -0.05) is 31.4 Å². The van der Waals surface area contributed by atoms with E-state index < -0.39 is 0 Å². The highest BCUT2D eigenvalue weighted by Crippen LogP contribution is 2.08. The van der Waals surface area contributed by atoms with E-state index in [1.54, 1.807) is 0 Å². The zero-order valence-electron chi connectivity index (χ0n) is 12.4. The van der Waals surface area contributed by atoms with Gasteiger partial charge < -0.3 is 4.74 Å². The lowest BCUT2D eigenvalue weighted by atomic mass is 10.1. The first kappa shape index (κ1) is 17.9. The first-order valence-electron chi connectivity index (χ1n) is 7.68. The van der Waals surface area contributed by atoms with Crippen molar-refractivity contribution in [2.75, 3.05) is 6.61 Å². The van der Waals surface area contributed by atoms with E-state index >= 15 is 0 Å². The molecule has 0 aliphatic heterocycles. The van der Waals surface area contributed by atoms with Gasteiger partial charge in [0.15, 0.2) is 0 Å². The first-order chi connectivity index (χ1) is 9.31. The average Bonchev–Trinajstić information content (AvgIpc) is 2.41. The van der Waals surface area contributed by atoms with Gasteiger partial charge in [-0.25, -0.2) is 0 Å². The zero-order chi connectivity index (χ0) is 14.2. The minimum Gasteiger partial charge on any atom is -0.466 e. The summed E-state index contributed by atoms with van der Waals surface area (Å²) in [6, 6.07) is 0. The number of hydrogen-bond acceptors (Lipinski definition) is 2. The molecule has 0 aromatic heterocycles. The van der Waals surface area contributed by atoms with Gasteiger partial charge in [-0.05, 0) is 44.9 Å². The van der Waals surface area contributed by atoms with Crippen LogP contribution in [0.1, 0.15) is 70.6 Å². The number of carbonyl (C=O) groups is 1. The molecule has 0 aromatic carbocycles. The quantitative estimate of drug-likeness (QED) is 0.245. The van der Waals surface area contributed by atoms with Gasteiger partial charge >= 0.3 is 5.97 Å². The van der Waals surface area contributed by atoms with E-state index in [9.17, 15) is 4.79 Å². The number of rotatable bonds is 14. The third kappa shape index (κ3) is 14.9. The fourth-order valence-electron chi connectivity index (χ4n) is 1.91. The largest absolute Gasteiger partial charge is 0.466 e. The van der Waals surface area contributed by atoms with Crippen LogP contribution in [-0.2, 0) is 9.53 Å². The van der Waals surface area contributed by atoms with Gasteiger partial charge in [-0.2, -0.15) is 0 Å². The molecule has 2 heteroatoms. The highest BCUT2D eigenvalue weighted by Gasteiger charge is 2.02. The van der Waals surface area contributed by atoms with Crippen molar-refractivity contribution in [2.24, 2.45) is 0 Å². The summed E-state index contributed by atoms with van der Waals surface area (Å²) in [5.41, 5.74) is 0. The molecule has 0 aromatic rings. The Kier molecular flexibility index (Phi) is 14.2. The van der Waals surface area contributed by atoms with Crippen LogP contribution in [-0.4, -0.2) is 12.6 Å². The lowest BCUT2D eigenvalue weighted by Gasteiger charge is -2.04. The van der Waals surface area contributed by atoms with Gasteiger partial charge in [0.2, 0.25) is 0 Å². The molecule has 0 saturated carbocycles. The molecule has 0 amide bonds. The normalized spacial score (nSPS) is 10.1. The molecule has 0 spiro atoms. The summed E-state index contributed by atoms with van der Waals surface area (Å²) in [5, 5.41) is 0. The average molecular weight is 266 g/mol. The van der Waals surface area contributed by atoms with Crippen LogP contribution in [0.5, 0.6) is 0 Å². The fraction of sp³-hybridized carbons (Fsp3) is 0.706. The molecule has 0 atom stereocenters. The summed E-state index contributed by atoms with van der Waals surface area (Å²) in [6.07, 6.45) is 15.6. The van der Waals surface area contributed by atoms with Crippen molar-refractivity contribution in [1.82, 2.24) is 0 Å². The Morgan fingerprint density at radius 1 is 0.789 bits per heavy atom. The lowest BCUT2D eigenvalue weighted by Crippen LogP contribution is -2.05. The molecule has 0 unspecified atom stereocenters. The summed E-state index contributed by atoms with van der Waals surface area (Å²) >= 11 is 0. The van der Waals surface area contributed by atoms with E-state index in [0.29, 0.717) is 13.0 Å². The Hall–Kier alpha value is -1.05. The van der Waals surface area contributed by atoms with Gasteiger partial charge in [0, 0.05) is 6.42 Å². The van der Waals surface area contributed by atoms with Crippen LogP contribution in [0, 0.1) is 0 Å². The number of unbranched alkanes of at least 4 members (excludes halogenated alkanes) is 8. The third-order valence-corrected chi connectivity index (χ3v) is 3.10.